The van der Waals surface area contributed by atoms with E-state index in [4.69, 9.17) is 45.3 Å². The summed E-state index contributed by atoms with van der Waals surface area (Å²) in [7, 11) is 0. The van der Waals surface area contributed by atoms with Crippen molar-refractivity contribution in [3.05, 3.63) is 27.2 Å². The number of ether oxygens (including phenoxy) is 1. The summed E-state index contributed by atoms with van der Waals surface area (Å²) in [4.78, 5) is 0. The number of benzene rings is 1. The standard InChI is InChI=1S/C7H6Cl3NO/c8-4-1-2-5(12-3-11)7(10)6(4)9/h1-2H,3,11H2. The second-order valence-electron chi connectivity index (χ2n) is 1.98. The van der Waals surface area contributed by atoms with Gasteiger partial charge in [-0.3, -0.25) is 5.73 Å². The van der Waals surface area contributed by atoms with Crippen LogP contribution in [0.1, 0.15) is 0 Å². The molecule has 0 fully saturated rings. The second kappa shape index (κ2) is 4.19. The van der Waals surface area contributed by atoms with E-state index in [2.05, 4.69) is 0 Å². The number of halogens is 3. The molecule has 0 saturated carbocycles. The molecule has 0 radical (unpaired) electrons. The zero-order valence-electron chi connectivity index (χ0n) is 5.98. The van der Waals surface area contributed by atoms with Crippen molar-refractivity contribution in [2.45, 2.75) is 0 Å². The Morgan fingerprint density at radius 2 is 1.83 bits per heavy atom. The van der Waals surface area contributed by atoms with E-state index in [1.165, 1.54) is 0 Å². The fourth-order valence-corrected chi connectivity index (χ4v) is 1.29. The van der Waals surface area contributed by atoms with E-state index in [9.17, 15) is 0 Å². The van der Waals surface area contributed by atoms with Gasteiger partial charge in [-0.1, -0.05) is 34.8 Å². The van der Waals surface area contributed by atoms with Crippen molar-refractivity contribution < 1.29 is 4.74 Å². The van der Waals surface area contributed by atoms with Gasteiger partial charge in [0.2, 0.25) is 0 Å². The molecule has 1 rings (SSSR count). The molecule has 0 spiro atoms. The molecule has 5 heteroatoms. The monoisotopic (exact) mass is 225 g/mol. The van der Waals surface area contributed by atoms with Gasteiger partial charge >= 0.3 is 0 Å². The van der Waals surface area contributed by atoms with Gasteiger partial charge in [0.1, 0.15) is 17.5 Å². The minimum absolute atomic E-state index is 0.0533. The summed E-state index contributed by atoms with van der Waals surface area (Å²) in [5, 5.41) is 0.963. The zero-order valence-corrected chi connectivity index (χ0v) is 8.25. The second-order valence-corrected chi connectivity index (χ2v) is 3.15. The topological polar surface area (TPSA) is 35.2 Å². The third-order valence-electron chi connectivity index (χ3n) is 1.24. The van der Waals surface area contributed by atoms with Crippen molar-refractivity contribution in [1.29, 1.82) is 0 Å². The van der Waals surface area contributed by atoms with Crippen molar-refractivity contribution in [2.75, 3.05) is 6.73 Å². The minimum atomic E-state index is 0.0533. The molecule has 0 unspecified atom stereocenters. The highest BCUT2D eigenvalue weighted by molar-refractivity contribution is 6.48. The SMILES string of the molecule is NCOc1ccc(Cl)c(Cl)c1Cl. The molecule has 0 saturated heterocycles. The van der Waals surface area contributed by atoms with Gasteiger partial charge in [0.15, 0.2) is 0 Å². The Bertz CT molecular complexity index is 290. The Morgan fingerprint density at radius 3 is 2.42 bits per heavy atom. The van der Waals surface area contributed by atoms with Crippen LogP contribution in [-0.4, -0.2) is 6.73 Å². The predicted octanol–water partition coefficient (Wildman–Crippen LogP) is 2.94. The molecule has 2 nitrogen and oxygen atoms in total. The van der Waals surface area contributed by atoms with E-state index >= 15 is 0 Å². The van der Waals surface area contributed by atoms with Crippen LogP contribution >= 0.6 is 34.8 Å². The van der Waals surface area contributed by atoms with Gasteiger partial charge in [-0.2, -0.15) is 0 Å². The lowest BCUT2D eigenvalue weighted by Gasteiger charge is -2.06. The molecular weight excluding hydrogens is 220 g/mol. The van der Waals surface area contributed by atoms with E-state index < -0.39 is 0 Å². The smallest absolute Gasteiger partial charge is 0.141 e. The van der Waals surface area contributed by atoms with Crippen LogP contribution in [0.3, 0.4) is 0 Å². The number of hydrogen-bond donors (Lipinski definition) is 1. The lowest BCUT2D eigenvalue weighted by Crippen LogP contribution is -2.07. The average molecular weight is 226 g/mol. The van der Waals surface area contributed by atoms with Gasteiger partial charge in [0.05, 0.1) is 10.0 Å². The summed E-state index contributed by atoms with van der Waals surface area (Å²) in [6, 6.07) is 3.21. The normalized spacial score (nSPS) is 10.0. The summed E-state index contributed by atoms with van der Waals surface area (Å²) < 4.78 is 4.98. The van der Waals surface area contributed by atoms with Crippen molar-refractivity contribution in [3.8, 4) is 5.75 Å². The van der Waals surface area contributed by atoms with E-state index in [1.807, 2.05) is 0 Å². The molecule has 12 heavy (non-hydrogen) atoms. The molecule has 1 aromatic carbocycles. The fourth-order valence-electron chi connectivity index (χ4n) is 0.709. The summed E-state index contributed by atoms with van der Waals surface area (Å²) in [6.07, 6.45) is 0. The number of nitrogens with two attached hydrogens (primary N) is 1. The first kappa shape index (κ1) is 9.93. The summed E-state index contributed by atoms with van der Waals surface area (Å²) >= 11 is 17.2. The molecule has 0 heterocycles. The first-order valence-electron chi connectivity index (χ1n) is 3.13. The van der Waals surface area contributed by atoms with Crippen molar-refractivity contribution in [3.63, 3.8) is 0 Å². The first-order valence-corrected chi connectivity index (χ1v) is 4.26. The van der Waals surface area contributed by atoms with Gasteiger partial charge in [-0.05, 0) is 12.1 Å². The Hall–Kier alpha value is -0.150. The molecule has 0 aliphatic heterocycles. The molecule has 0 aliphatic carbocycles. The van der Waals surface area contributed by atoms with Gasteiger partial charge in [0, 0.05) is 0 Å². The van der Waals surface area contributed by atoms with E-state index in [1.54, 1.807) is 12.1 Å². The summed E-state index contributed by atoms with van der Waals surface area (Å²) in [5.41, 5.74) is 5.16. The number of hydrogen-bond acceptors (Lipinski definition) is 2. The maximum Gasteiger partial charge on any atom is 0.141 e. The molecule has 0 aliphatic rings. The van der Waals surface area contributed by atoms with Crippen LogP contribution in [0.4, 0.5) is 0 Å². The highest BCUT2D eigenvalue weighted by Crippen LogP contribution is 2.36. The Kier molecular flexibility index (Phi) is 3.47. The first-order chi connectivity index (χ1) is 5.66. The Morgan fingerprint density at radius 1 is 1.17 bits per heavy atom. The largest absolute Gasteiger partial charge is 0.477 e. The lowest BCUT2D eigenvalue weighted by molar-refractivity contribution is 0.330. The van der Waals surface area contributed by atoms with Crippen LogP contribution < -0.4 is 10.5 Å². The molecule has 66 valence electrons. The molecule has 0 bridgehead atoms. The third-order valence-corrected chi connectivity index (χ3v) is 2.51. The molecule has 0 amide bonds. The van der Waals surface area contributed by atoms with Crippen LogP contribution in [0.25, 0.3) is 0 Å². The fraction of sp³-hybridized carbons (Fsp3) is 0.143. The summed E-state index contributed by atoms with van der Waals surface area (Å²) in [5.74, 6) is 0.438. The molecule has 1 aromatic rings. The third kappa shape index (κ3) is 1.96. The van der Waals surface area contributed by atoms with E-state index in [0.717, 1.165) is 0 Å². The molecule has 0 aromatic heterocycles. The highest BCUT2D eigenvalue weighted by atomic mass is 35.5. The van der Waals surface area contributed by atoms with Crippen molar-refractivity contribution in [1.82, 2.24) is 0 Å². The average Bonchev–Trinajstić information content (AvgIpc) is 2.07. The number of rotatable bonds is 2. The molecular formula is C7H6Cl3NO. The quantitative estimate of drug-likeness (QED) is 0.622. The highest BCUT2D eigenvalue weighted by Gasteiger charge is 2.08. The lowest BCUT2D eigenvalue weighted by atomic mass is 10.3. The van der Waals surface area contributed by atoms with Crippen molar-refractivity contribution >= 4 is 34.8 Å². The van der Waals surface area contributed by atoms with Crippen LogP contribution in [0.15, 0.2) is 12.1 Å². The van der Waals surface area contributed by atoms with Gasteiger partial charge in [-0.25, -0.2) is 0 Å². The zero-order chi connectivity index (χ0) is 9.14. The van der Waals surface area contributed by atoms with Crippen LogP contribution in [0.5, 0.6) is 5.75 Å². The van der Waals surface area contributed by atoms with E-state index in [-0.39, 0.29) is 16.8 Å². The minimum Gasteiger partial charge on any atom is -0.477 e. The molecule has 2 N–H and O–H groups in total. The van der Waals surface area contributed by atoms with Gasteiger partial charge in [-0.15, -0.1) is 0 Å². The molecule has 0 atom stereocenters. The van der Waals surface area contributed by atoms with Gasteiger partial charge in [0.25, 0.3) is 0 Å². The Balaban J connectivity index is 3.08. The van der Waals surface area contributed by atoms with Crippen LogP contribution in [0, 0.1) is 0 Å². The van der Waals surface area contributed by atoms with Crippen molar-refractivity contribution in [2.24, 2.45) is 5.73 Å². The van der Waals surface area contributed by atoms with E-state index in [0.29, 0.717) is 10.8 Å². The summed E-state index contributed by atoms with van der Waals surface area (Å²) in [6.45, 7) is 0.0533. The van der Waals surface area contributed by atoms with Gasteiger partial charge < -0.3 is 4.74 Å². The maximum atomic E-state index is 5.78. The maximum absolute atomic E-state index is 5.78. The van der Waals surface area contributed by atoms with Crippen LogP contribution in [-0.2, 0) is 0 Å². The Labute approximate surface area is 85.2 Å². The van der Waals surface area contributed by atoms with Crippen LogP contribution in [0.2, 0.25) is 15.1 Å². The predicted molar refractivity (Wildman–Crippen MR) is 51.2 cm³/mol.